The molecular weight excluding hydrogens is 444 g/mol. The van der Waals surface area contributed by atoms with Crippen molar-refractivity contribution in [3.63, 3.8) is 0 Å². The van der Waals surface area contributed by atoms with Crippen molar-refractivity contribution in [2.75, 3.05) is 18.5 Å². The number of hydrogen-bond acceptors (Lipinski definition) is 6. The van der Waals surface area contributed by atoms with Crippen LogP contribution in [0.25, 0.3) is 0 Å². The highest BCUT2D eigenvalue weighted by atomic mass is 16.5. The highest BCUT2D eigenvalue weighted by Crippen LogP contribution is 2.48. The van der Waals surface area contributed by atoms with Crippen molar-refractivity contribution in [2.24, 2.45) is 4.99 Å². The number of carboxylic acid groups (broad SMARTS) is 1. The Morgan fingerprint density at radius 1 is 1.17 bits per heavy atom. The molecule has 2 aliphatic heterocycles. The third-order valence-electron chi connectivity index (χ3n) is 6.30. The molecule has 35 heavy (non-hydrogen) atoms. The van der Waals surface area contributed by atoms with Crippen molar-refractivity contribution >= 4 is 23.2 Å². The quantitative estimate of drug-likeness (QED) is 0.550. The van der Waals surface area contributed by atoms with Gasteiger partial charge in [0.25, 0.3) is 0 Å². The van der Waals surface area contributed by atoms with E-state index in [1.54, 1.807) is 6.07 Å². The zero-order valence-electron chi connectivity index (χ0n) is 21.4. The second kappa shape index (κ2) is 9.02. The maximum atomic E-state index is 11.9. The van der Waals surface area contributed by atoms with Crippen LogP contribution < -0.4 is 14.8 Å². The Bertz CT molecular complexity index is 1230. The van der Waals surface area contributed by atoms with Crippen LogP contribution in [0.4, 0.5) is 5.69 Å². The third-order valence-corrected chi connectivity index (χ3v) is 6.30. The van der Waals surface area contributed by atoms with Crippen molar-refractivity contribution < 1.29 is 24.2 Å². The average Bonchev–Trinajstić information content (AvgIpc) is 3.07. The minimum atomic E-state index is -1.02. The summed E-state index contributed by atoms with van der Waals surface area (Å²) in [6, 6.07) is 7.32. The van der Waals surface area contributed by atoms with Gasteiger partial charge in [-0.1, -0.05) is 6.07 Å². The molecule has 4 rings (SSSR count). The van der Waals surface area contributed by atoms with Crippen LogP contribution in [0.1, 0.15) is 80.6 Å². The highest BCUT2D eigenvalue weighted by Gasteiger charge is 2.39. The molecule has 2 aliphatic rings. The molecule has 2 aromatic rings. The first-order valence-corrected chi connectivity index (χ1v) is 12.1. The molecule has 0 amide bonds. The lowest BCUT2D eigenvalue weighted by Crippen LogP contribution is -2.30. The lowest BCUT2D eigenvalue weighted by Gasteiger charge is -2.31. The summed E-state index contributed by atoms with van der Waals surface area (Å²) in [6.45, 7) is 12.7. The Morgan fingerprint density at radius 3 is 2.57 bits per heavy atom. The minimum absolute atomic E-state index is 0.0427. The zero-order chi connectivity index (χ0) is 25.5. The van der Waals surface area contributed by atoms with Gasteiger partial charge in [-0.15, -0.1) is 0 Å². The second-order valence-electron chi connectivity index (χ2n) is 10.6. The molecular formula is C28H34N2O5. The number of benzene rings is 2. The van der Waals surface area contributed by atoms with E-state index >= 15 is 0 Å². The standard InChI is InChI=1S/C28H34N2O5/c1-7-34-22-13-18-14-27(3,4)30-24(23(18)20-15-28(5,6)35-25(20)22)17-8-9-19(26(32)33)21(12-17)29-11-10-16(2)31/h8-9,12-13,29H,7,10-11,14-15H2,1-6H3,(H,32,33). The van der Waals surface area contributed by atoms with Crippen LogP contribution >= 0.6 is 0 Å². The first-order chi connectivity index (χ1) is 16.4. The van der Waals surface area contributed by atoms with E-state index in [1.165, 1.54) is 6.92 Å². The summed E-state index contributed by atoms with van der Waals surface area (Å²) in [7, 11) is 0. The second-order valence-corrected chi connectivity index (χ2v) is 10.6. The van der Waals surface area contributed by atoms with Gasteiger partial charge in [0, 0.05) is 41.8 Å². The number of ketones is 1. The number of fused-ring (bicyclic) bond motifs is 3. The molecule has 0 spiro atoms. The van der Waals surface area contributed by atoms with Gasteiger partial charge in [0.1, 0.15) is 11.4 Å². The van der Waals surface area contributed by atoms with E-state index in [9.17, 15) is 14.7 Å². The van der Waals surface area contributed by atoms with Gasteiger partial charge in [0.05, 0.1) is 23.4 Å². The normalized spacial score (nSPS) is 17.0. The summed E-state index contributed by atoms with van der Waals surface area (Å²) >= 11 is 0. The van der Waals surface area contributed by atoms with E-state index in [4.69, 9.17) is 14.5 Å². The van der Waals surface area contributed by atoms with Gasteiger partial charge in [-0.25, -0.2) is 4.79 Å². The Balaban J connectivity index is 1.87. The van der Waals surface area contributed by atoms with Crippen LogP contribution in [0.15, 0.2) is 29.3 Å². The molecule has 0 unspecified atom stereocenters. The van der Waals surface area contributed by atoms with Crippen LogP contribution in [0.2, 0.25) is 0 Å². The SMILES string of the molecule is CCOc1cc2c(c3c1OC(C)(C)C3)C(c1ccc(C(=O)O)c(NCCC(C)=O)c1)=NC(C)(C)C2. The maximum absolute atomic E-state index is 11.9. The molecule has 2 N–H and O–H groups in total. The number of aromatic carboxylic acids is 1. The highest BCUT2D eigenvalue weighted by molar-refractivity contribution is 6.17. The number of ether oxygens (including phenoxy) is 2. The lowest BCUT2D eigenvalue weighted by atomic mass is 9.80. The molecule has 7 heteroatoms. The molecule has 0 fully saturated rings. The third kappa shape index (κ3) is 5.04. The molecule has 2 aromatic carbocycles. The summed E-state index contributed by atoms with van der Waals surface area (Å²) in [5.41, 5.74) is 4.85. The largest absolute Gasteiger partial charge is 0.490 e. The van der Waals surface area contributed by atoms with Crippen LogP contribution in [-0.2, 0) is 17.6 Å². The Morgan fingerprint density at radius 2 is 1.91 bits per heavy atom. The summed E-state index contributed by atoms with van der Waals surface area (Å²) in [6.07, 6.45) is 1.80. The molecule has 0 atom stereocenters. The van der Waals surface area contributed by atoms with Gasteiger partial charge in [0.15, 0.2) is 11.5 Å². The fourth-order valence-corrected chi connectivity index (χ4v) is 4.94. The van der Waals surface area contributed by atoms with Gasteiger partial charge in [-0.05, 0) is 71.7 Å². The molecule has 2 heterocycles. The first kappa shape index (κ1) is 24.8. The number of carbonyl (C=O) groups is 2. The monoisotopic (exact) mass is 478 g/mol. The number of carboxylic acids is 1. The van der Waals surface area contributed by atoms with Gasteiger partial charge >= 0.3 is 5.97 Å². The number of rotatable bonds is 8. The first-order valence-electron chi connectivity index (χ1n) is 12.1. The number of nitrogens with zero attached hydrogens (tertiary/aromatic N) is 1. The van der Waals surface area contributed by atoms with E-state index in [0.717, 1.165) is 52.3 Å². The van der Waals surface area contributed by atoms with Gasteiger partial charge in [-0.3, -0.25) is 9.79 Å². The van der Waals surface area contributed by atoms with Crippen molar-refractivity contribution in [3.8, 4) is 11.5 Å². The summed E-state index contributed by atoms with van der Waals surface area (Å²) in [5.74, 6) is 0.549. The molecule has 0 aliphatic carbocycles. The number of nitrogens with one attached hydrogen (secondary N) is 1. The molecule has 0 saturated heterocycles. The molecule has 0 aromatic heterocycles. The van der Waals surface area contributed by atoms with Crippen molar-refractivity contribution in [1.29, 1.82) is 0 Å². The van der Waals surface area contributed by atoms with E-state index < -0.39 is 5.97 Å². The van der Waals surface area contributed by atoms with Crippen molar-refractivity contribution in [3.05, 3.63) is 52.1 Å². The van der Waals surface area contributed by atoms with Gasteiger partial charge in [-0.2, -0.15) is 0 Å². The lowest BCUT2D eigenvalue weighted by molar-refractivity contribution is -0.116. The summed E-state index contributed by atoms with van der Waals surface area (Å²) < 4.78 is 12.3. The fourth-order valence-electron chi connectivity index (χ4n) is 4.94. The maximum Gasteiger partial charge on any atom is 0.337 e. The molecule has 0 bridgehead atoms. The number of Topliss-reactive ketones (excluding diaryl/α,β-unsaturated/α-hetero) is 1. The van der Waals surface area contributed by atoms with Gasteiger partial charge < -0.3 is 19.9 Å². The van der Waals surface area contributed by atoms with Crippen molar-refractivity contribution in [1.82, 2.24) is 0 Å². The van der Waals surface area contributed by atoms with Gasteiger partial charge in [0.2, 0.25) is 0 Å². The molecule has 7 nitrogen and oxygen atoms in total. The predicted molar refractivity (Wildman–Crippen MR) is 137 cm³/mol. The van der Waals surface area contributed by atoms with E-state index in [0.29, 0.717) is 25.3 Å². The van der Waals surface area contributed by atoms with Crippen LogP contribution in [0.5, 0.6) is 11.5 Å². The van der Waals surface area contributed by atoms with Crippen LogP contribution in [-0.4, -0.2) is 46.9 Å². The fraction of sp³-hybridized carbons (Fsp3) is 0.464. The smallest absolute Gasteiger partial charge is 0.337 e. The zero-order valence-corrected chi connectivity index (χ0v) is 21.4. The van der Waals surface area contributed by atoms with E-state index in [1.807, 2.05) is 19.1 Å². The molecule has 186 valence electrons. The Labute approximate surface area is 206 Å². The minimum Gasteiger partial charge on any atom is -0.490 e. The number of carbonyl (C=O) groups excluding carboxylic acids is 1. The molecule has 0 saturated carbocycles. The number of hydrogen-bond donors (Lipinski definition) is 2. The topological polar surface area (TPSA) is 97.2 Å². The molecule has 0 radical (unpaired) electrons. The summed E-state index contributed by atoms with van der Waals surface area (Å²) in [4.78, 5) is 28.4. The Hall–Kier alpha value is -3.35. The van der Waals surface area contributed by atoms with Crippen molar-refractivity contribution in [2.45, 2.75) is 71.9 Å². The van der Waals surface area contributed by atoms with E-state index in [-0.39, 0.29) is 22.5 Å². The predicted octanol–water partition coefficient (Wildman–Crippen LogP) is 5.06. The number of anilines is 1. The van der Waals surface area contributed by atoms with Crippen LogP contribution in [0.3, 0.4) is 0 Å². The van der Waals surface area contributed by atoms with Crippen LogP contribution in [0, 0.1) is 0 Å². The Kier molecular flexibility index (Phi) is 6.38. The number of aliphatic imine (C=N–C) groups is 1. The average molecular weight is 479 g/mol. The summed E-state index contributed by atoms with van der Waals surface area (Å²) in [5, 5.41) is 12.9. The van der Waals surface area contributed by atoms with E-state index in [2.05, 4.69) is 39.1 Å².